The molecule has 1 aromatic heterocycles. The Kier molecular flexibility index (Phi) is 6.23. The summed E-state index contributed by atoms with van der Waals surface area (Å²) in [5.41, 5.74) is 18.4. The zero-order valence-electron chi connectivity index (χ0n) is 28.3. The molecule has 1 N–H and O–H groups in total. The van der Waals surface area contributed by atoms with Crippen LogP contribution in [0.2, 0.25) is 0 Å². The molecule has 2 aliphatic rings. The molecule has 10 rings (SSSR count). The van der Waals surface area contributed by atoms with E-state index >= 15 is 0 Å². The van der Waals surface area contributed by atoms with Gasteiger partial charge in [-0.25, -0.2) is 0 Å². The van der Waals surface area contributed by atoms with Crippen LogP contribution in [0.5, 0.6) is 0 Å². The fraction of sp³-hybridized carbons (Fsp3) is 0.0870. The van der Waals surface area contributed by atoms with Gasteiger partial charge in [0.15, 0.2) is 12.9 Å². The summed E-state index contributed by atoms with van der Waals surface area (Å²) in [5.74, 6) is 0. The molecule has 0 unspecified atom stereocenters. The summed E-state index contributed by atoms with van der Waals surface area (Å²) in [6, 6.07) is 52.5. The van der Waals surface area contributed by atoms with Crippen LogP contribution in [0.4, 0.5) is 28.4 Å². The van der Waals surface area contributed by atoms with E-state index in [0.717, 1.165) is 38.9 Å². The Morgan fingerprint density at radius 3 is 2.26 bits per heavy atom. The lowest BCUT2D eigenvalue weighted by Crippen LogP contribution is -2.45. The third kappa shape index (κ3) is 4.24. The quantitative estimate of drug-likeness (QED) is 0.194. The number of rotatable bonds is 4. The maximum Gasteiger partial charge on any atom is 0.197 e. The molecule has 4 heteroatoms. The summed E-state index contributed by atoms with van der Waals surface area (Å²) in [7, 11) is 2.41. The molecule has 0 atom stereocenters. The molecule has 0 amide bonds. The Bertz CT molecular complexity index is 2650. The van der Waals surface area contributed by atoms with Crippen LogP contribution < -0.4 is 21.1 Å². The maximum atomic E-state index is 6.46. The van der Waals surface area contributed by atoms with E-state index < -0.39 is 0 Å². The molecule has 0 saturated heterocycles. The summed E-state index contributed by atoms with van der Waals surface area (Å²) in [4.78, 5) is 2.51. The molecule has 0 fully saturated rings. The molecule has 0 bridgehead atoms. The minimum absolute atomic E-state index is 0.116. The number of nitrogens with zero attached hydrogens (tertiary/aromatic N) is 1. The monoisotopic (exact) mass is 641 g/mol. The first kappa shape index (κ1) is 29.0. The van der Waals surface area contributed by atoms with Gasteiger partial charge >= 0.3 is 0 Å². The van der Waals surface area contributed by atoms with Crippen molar-refractivity contribution in [2.24, 2.45) is 0 Å². The second-order valence-corrected chi connectivity index (χ2v) is 14.1. The van der Waals surface area contributed by atoms with Crippen molar-refractivity contribution in [3.05, 3.63) is 162 Å². The molecule has 237 valence electrons. The largest absolute Gasteiger partial charge is 0.454 e. The molecule has 3 heterocycles. The van der Waals surface area contributed by atoms with E-state index in [1.807, 2.05) is 12.1 Å². The van der Waals surface area contributed by atoms with Crippen molar-refractivity contribution in [2.45, 2.75) is 26.2 Å². The molecule has 0 saturated carbocycles. The van der Waals surface area contributed by atoms with Crippen LogP contribution >= 0.6 is 0 Å². The van der Waals surface area contributed by atoms with E-state index in [0.29, 0.717) is 0 Å². The third-order valence-electron chi connectivity index (χ3n) is 10.7. The predicted molar refractivity (Wildman–Crippen MR) is 211 cm³/mol. The lowest BCUT2D eigenvalue weighted by molar-refractivity contribution is 0.632. The standard InChI is InChI=1S/C46H34BN2O/c1-28-25-34(43-41(26-28)49-40-21-9-8-17-35(40)46(2,3)36-18-12-19-37(47-43)44(36)49)33-27-30(29-13-5-4-6-14-29)23-24-38(33)48-39-20-11-16-32-31-15-7-10-22-42(31)50-45(32)39/h4-27,48H,1-3H3. The average Bonchev–Trinajstić information content (AvgIpc) is 3.53. The van der Waals surface area contributed by atoms with Crippen molar-refractivity contribution in [1.82, 2.24) is 0 Å². The minimum atomic E-state index is -0.116. The van der Waals surface area contributed by atoms with Crippen molar-refractivity contribution in [3.63, 3.8) is 0 Å². The fourth-order valence-electron chi connectivity index (χ4n) is 8.32. The van der Waals surface area contributed by atoms with E-state index in [1.54, 1.807) is 0 Å². The first-order chi connectivity index (χ1) is 24.5. The Balaban J connectivity index is 1.21. The van der Waals surface area contributed by atoms with E-state index in [4.69, 9.17) is 4.42 Å². The second-order valence-electron chi connectivity index (χ2n) is 14.1. The lowest BCUT2D eigenvalue weighted by Gasteiger charge is -2.46. The van der Waals surface area contributed by atoms with Crippen LogP contribution in [0.1, 0.15) is 30.5 Å². The van der Waals surface area contributed by atoms with Crippen LogP contribution in [-0.2, 0) is 5.41 Å². The van der Waals surface area contributed by atoms with Gasteiger partial charge in [0.25, 0.3) is 0 Å². The molecule has 3 nitrogen and oxygen atoms in total. The Morgan fingerprint density at radius 1 is 0.600 bits per heavy atom. The molecule has 0 aliphatic carbocycles. The first-order valence-corrected chi connectivity index (χ1v) is 17.4. The van der Waals surface area contributed by atoms with Crippen LogP contribution in [-0.4, -0.2) is 7.28 Å². The van der Waals surface area contributed by atoms with E-state index in [1.165, 1.54) is 61.4 Å². The van der Waals surface area contributed by atoms with Crippen LogP contribution in [0, 0.1) is 6.92 Å². The highest BCUT2D eigenvalue weighted by Gasteiger charge is 2.41. The van der Waals surface area contributed by atoms with Crippen molar-refractivity contribution in [3.8, 4) is 22.3 Å². The third-order valence-corrected chi connectivity index (χ3v) is 10.7. The highest BCUT2D eigenvalue weighted by Crippen LogP contribution is 2.52. The number of hydrogen-bond donors (Lipinski definition) is 1. The van der Waals surface area contributed by atoms with Crippen molar-refractivity contribution in [2.75, 3.05) is 10.2 Å². The van der Waals surface area contributed by atoms with Gasteiger partial charge in [0.2, 0.25) is 0 Å². The Morgan fingerprint density at radius 2 is 1.36 bits per heavy atom. The fourth-order valence-corrected chi connectivity index (χ4v) is 8.32. The smallest absolute Gasteiger partial charge is 0.197 e. The van der Waals surface area contributed by atoms with Crippen molar-refractivity contribution < 1.29 is 4.42 Å². The van der Waals surface area contributed by atoms with E-state index in [2.05, 4.69) is 172 Å². The predicted octanol–water partition coefficient (Wildman–Crippen LogP) is 11.0. The van der Waals surface area contributed by atoms with E-state index in [-0.39, 0.29) is 5.41 Å². The van der Waals surface area contributed by atoms with Crippen LogP contribution in [0.25, 0.3) is 44.2 Å². The summed E-state index contributed by atoms with van der Waals surface area (Å²) in [6.07, 6.45) is 0. The number of anilines is 5. The van der Waals surface area contributed by atoms with Gasteiger partial charge in [0.05, 0.1) is 11.4 Å². The van der Waals surface area contributed by atoms with Crippen molar-refractivity contribution >= 4 is 68.6 Å². The van der Waals surface area contributed by atoms with Gasteiger partial charge in [0, 0.05) is 38.8 Å². The van der Waals surface area contributed by atoms with Gasteiger partial charge in [-0.2, -0.15) is 0 Å². The zero-order valence-corrected chi connectivity index (χ0v) is 28.3. The van der Waals surface area contributed by atoms with Gasteiger partial charge in [-0.1, -0.05) is 129 Å². The highest BCUT2D eigenvalue weighted by atomic mass is 16.3. The number of fused-ring (bicyclic) bond motifs is 7. The van der Waals surface area contributed by atoms with Gasteiger partial charge in [-0.3, -0.25) is 0 Å². The lowest BCUT2D eigenvalue weighted by atomic mass is 9.56. The zero-order chi connectivity index (χ0) is 33.6. The Labute approximate surface area is 293 Å². The molecule has 50 heavy (non-hydrogen) atoms. The number of furan rings is 1. The molecule has 1 radical (unpaired) electrons. The van der Waals surface area contributed by atoms with Crippen molar-refractivity contribution in [1.29, 1.82) is 0 Å². The molecule has 0 spiro atoms. The van der Waals surface area contributed by atoms with Crippen LogP contribution in [0.15, 0.2) is 150 Å². The number of aryl methyl sites for hydroxylation is 1. The summed E-state index contributed by atoms with van der Waals surface area (Å²) >= 11 is 0. The molecule has 8 aromatic rings. The normalized spacial score (nSPS) is 13.8. The van der Waals surface area contributed by atoms with Gasteiger partial charge in [-0.15, -0.1) is 0 Å². The number of benzene rings is 7. The molecule has 2 aliphatic heterocycles. The van der Waals surface area contributed by atoms with Gasteiger partial charge < -0.3 is 14.6 Å². The summed E-state index contributed by atoms with van der Waals surface area (Å²) < 4.78 is 6.46. The minimum Gasteiger partial charge on any atom is -0.454 e. The number of nitrogens with one attached hydrogen (secondary N) is 1. The molecular formula is C46H34BN2O. The highest BCUT2D eigenvalue weighted by molar-refractivity contribution is 6.73. The SMILES string of the molecule is Cc1cc(-c2cc(-c3ccccc3)ccc2Nc2cccc3c2oc2ccccc23)c2c(c1)N1c3ccccc3C(C)(C)c3cccc(c31)[B]2. The van der Waals surface area contributed by atoms with Gasteiger partial charge in [0.1, 0.15) is 5.58 Å². The Hall–Kier alpha value is -6.00. The molecular weight excluding hydrogens is 607 g/mol. The van der Waals surface area contributed by atoms with E-state index in [9.17, 15) is 0 Å². The summed E-state index contributed by atoms with van der Waals surface area (Å²) in [5, 5.41) is 6.08. The number of hydrogen-bond acceptors (Lipinski definition) is 3. The summed E-state index contributed by atoms with van der Waals surface area (Å²) in [6.45, 7) is 6.92. The second kappa shape index (κ2) is 10.8. The average molecular weight is 642 g/mol. The topological polar surface area (TPSA) is 28.4 Å². The molecule has 7 aromatic carbocycles. The number of para-hydroxylation sites is 4. The van der Waals surface area contributed by atoms with Gasteiger partial charge in [-0.05, 0) is 82.2 Å². The first-order valence-electron chi connectivity index (χ1n) is 17.4. The van der Waals surface area contributed by atoms with Crippen LogP contribution in [0.3, 0.4) is 0 Å². The maximum absolute atomic E-state index is 6.46.